The first-order valence-corrected chi connectivity index (χ1v) is 8.04. The molecule has 0 bridgehead atoms. The normalized spacial score (nSPS) is 10.2. The Labute approximate surface area is 144 Å². The Morgan fingerprint density at radius 2 is 2.05 bits per heavy atom. The standard InChI is InChI=1S/C14H11BrClIN2O/c15-9-2-1-3-11(6-9)19-14(20)8-18-13-5-4-10(17)7-12(13)16/h1-7,18H,8H2,(H,19,20). The van der Waals surface area contributed by atoms with Crippen LogP contribution in [-0.2, 0) is 4.79 Å². The van der Waals surface area contributed by atoms with Crippen LogP contribution in [0.25, 0.3) is 0 Å². The number of benzene rings is 2. The average molecular weight is 466 g/mol. The summed E-state index contributed by atoms with van der Waals surface area (Å²) in [5.74, 6) is -0.127. The van der Waals surface area contributed by atoms with E-state index in [2.05, 4.69) is 49.2 Å². The van der Waals surface area contributed by atoms with Crippen molar-refractivity contribution in [2.24, 2.45) is 0 Å². The van der Waals surface area contributed by atoms with Crippen molar-refractivity contribution in [1.82, 2.24) is 0 Å². The average Bonchev–Trinajstić information content (AvgIpc) is 2.37. The van der Waals surface area contributed by atoms with Crippen molar-refractivity contribution in [2.45, 2.75) is 0 Å². The van der Waals surface area contributed by atoms with E-state index >= 15 is 0 Å². The topological polar surface area (TPSA) is 41.1 Å². The Morgan fingerprint density at radius 1 is 1.25 bits per heavy atom. The Bertz CT molecular complexity index is 636. The maximum atomic E-state index is 11.8. The molecule has 0 spiro atoms. The molecule has 104 valence electrons. The maximum Gasteiger partial charge on any atom is 0.243 e. The van der Waals surface area contributed by atoms with E-state index in [9.17, 15) is 4.79 Å². The first-order valence-electron chi connectivity index (χ1n) is 5.79. The van der Waals surface area contributed by atoms with Crippen LogP contribution >= 0.6 is 50.1 Å². The highest BCUT2D eigenvalue weighted by Crippen LogP contribution is 2.23. The Kier molecular flexibility index (Phi) is 5.68. The Balaban J connectivity index is 1.92. The van der Waals surface area contributed by atoms with Crippen molar-refractivity contribution in [2.75, 3.05) is 17.2 Å². The predicted molar refractivity (Wildman–Crippen MR) is 95.4 cm³/mol. The van der Waals surface area contributed by atoms with E-state index in [1.807, 2.05) is 42.5 Å². The fourth-order valence-electron chi connectivity index (χ4n) is 1.58. The van der Waals surface area contributed by atoms with Gasteiger partial charge in [0.1, 0.15) is 0 Å². The predicted octanol–water partition coefficient (Wildman–Crippen LogP) is 4.76. The summed E-state index contributed by atoms with van der Waals surface area (Å²) in [5.41, 5.74) is 1.50. The highest BCUT2D eigenvalue weighted by molar-refractivity contribution is 14.1. The van der Waals surface area contributed by atoms with Gasteiger partial charge in [0.15, 0.2) is 0 Å². The Morgan fingerprint density at radius 3 is 2.75 bits per heavy atom. The van der Waals surface area contributed by atoms with Gasteiger partial charge in [-0.3, -0.25) is 4.79 Å². The van der Waals surface area contributed by atoms with E-state index in [-0.39, 0.29) is 12.5 Å². The summed E-state index contributed by atoms with van der Waals surface area (Å²) in [6, 6.07) is 13.1. The zero-order valence-corrected chi connectivity index (χ0v) is 14.8. The molecular weight excluding hydrogens is 454 g/mol. The quantitative estimate of drug-likeness (QED) is 0.640. The van der Waals surface area contributed by atoms with E-state index in [1.165, 1.54) is 0 Å². The number of amides is 1. The van der Waals surface area contributed by atoms with Crippen molar-refractivity contribution in [3.63, 3.8) is 0 Å². The smallest absolute Gasteiger partial charge is 0.243 e. The third-order valence-electron chi connectivity index (χ3n) is 2.48. The van der Waals surface area contributed by atoms with Gasteiger partial charge in [-0.05, 0) is 59.0 Å². The molecule has 0 radical (unpaired) electrons. The monoisotopic (exact) mass is 464 g/mol. The molecule has 2 aromatic carbocycles. The zero-order valence-electron chi connectivity index (χ0n) is 10.3. The zero-order chi connectivity index (χ0) is 14.5. The molecule has 0 saturated carbocycles. The molecule has 6 heteroatoms. The Hall–Kier alpha value is -0.790. The number of hydrogen-bond donors (Lipinski definition) is 2. The second kappa shape index (κ2) is 7.28. The summed E-state index contributed by atoms with van der Waals surface area (Å²) in [7, 11) is 0. The summed E-state index contributed by atoms with van der Waals surface area (Å²) in [6.45, 7) is 0.160. The van der Waals surface area contributed by atoms with Crippen molar-refractivity contribution in [3.8, 4) is 0 Å². The first-order chi connectivity index (χ1) is 9.54. The van der Waals surface area contributed by atoms with Gasteiger partial charge in [0.25, 0.3) is 0 Å². The maximum absolute atomic E-state index is 11.8. The van der Waals surface area contributed by atoms with Gasteiger partial charge in [-0.25, -0.2) is 0 Å². The fraction of sp³-hybridized carbons (Fsp3) is 0.0714. The lowest BCUT2D eigenvalue weighted by Gasteiger charge is -2.09. The van der Waals surface area contributed by atoms with Crippen LogP contribution in [0.2, 0.25) is 5.02 Å². The van der Waals surface area contributed by atoms with Crippen LogP contribution in [0.15, 0.2) is 46.9 Å². The van der Waals surface area contributed by atoms with Crippen LogP contribution < -0.4 is 10.6 Å². The lowest BCUT2D eigenvalue weighted by Crippen LogP contribution is -2.21. The molecule has 2 rings (SSSR count). The second-order valence-electron chi connectivity index (χ2n) is 4.04. The molecule has 0 aliphatic rings. The minimum absolute atomic E-state index is 0.127. The van der Waals surface area contributed by atoms with Gasteiger partial charge in [0, 0.05) is 13.7 Å². The van der Waals surface area contributed by atoms with Crippen LogP contribution in [0, 0.1) is 3.57 Å². The number of rotatable bonds is 4. The number of halogens is 3. The summed E-state index contributed by atoms with van der Waals surface area (Å²) >= 11 is 11.6. The molecule has 0 aliphatic heterocycles. The molecule has 1 amide bonds. The molecule has 0 atom stereocenters. The molecule has 3 nitrogen and oxygen atoms in total. The van der Waals surface area contributed by atoms with Crippen molar-refractivity contribution in [1.29, 1.82) is 0 Å². The minimum atomic E-state index is -0.127. The molecule has 20 heavy (non-hydrogen) atoms. The molecular formula is C14H11BrClIN2O. The molecule has 2 aromatic rings. The van der Waals surface area contributed by atoms with Gasteiger partial charge >= 0.3 is 0 Å². The molecule has 0 heterocycles. The molecule has 0 saturated heterocycles. The summed E-state index contributed by atoms with van der Waals surface area (Å²) in [4.78, 5) is 11.8. The van der Waals surface area contributed by atoms with Gasteiger partial charge in [0.05, 0.1) is 17.3 Å². The van der Waals surface area contributed by atoms with Gasteiger partial charge in [-0.15, -0.1) is 0 Å². The van der Waals surface area contributed by atoms with Crippen molar-refractivity contribution >= 4 is 67.4 Å². The first kappa shape index (κ1) is 15.6. The largest absolute Gasteiger partial charge is 0.375 e. The fourth-order valence-corrected chi connectivity index (χ4v) is 2.90. The third kappa shape index (κ3) is 4.64. The lowest BCUT2D eigenvalue weighted by atomic mass is 10.3. The van der Waals surface area contributed by atoms with E-state index in [0.29, 0.717) is 5.02 Å². The number of anilines is 2. The minimum Gasteiger partial charge on any atom is -0.375 e. The van der Waals surface area contributed by atoms with Crippen molar-refractivity contribution < 1.29 is 4.79 Å². The van der Waals surface area contributed by atoms with Gasteiger partial charge in [-0.1, -0.05) is 33.6 Å². The van der Waals surface area contributed by atoms with E-state index < -0.39 is 0 Å². The van der Waals surface area contributed by atoms with Gasteiger partial charge in [-0.2, -0.15) is 0 Å². The van der Waals surface area contributed by atoms with E-state index in [4.69, 9.17) is 11.6 Å². The molecule has 0 unspecified atom stereocenters. The van der Waals surface area contributed by atoms with Crippen LogP contribution in [-0.4, -0.2) is 12.5 Å². The van der Waals surface area contributed by atoms with Gasteiger partial charge in [0.2, 0.25) is 5.91 Å². The van der Waals surface area contributed by atoms with Crippen LogP contribution in [0.3, 0.4) is 0 Å². The van der Waals surface area contributed by atoms with E-state index in [0.717, 1.165) is 19.4 Å². The molecule has 0 aromatic heterocycles. The summed E-state index contributed by atoms with van der Waals surface area (Å²) in [6.07, 6.45) is 0. The number of hydrogen-bond acceptors (Lipinski definition) is 2. The lowest BCUT2D eigenvalue weighted by molar-refractivity contribution is -0.114. The van der Waals surface area contributed by atoms with Gasteiger partial charge < -0.3 is 10.6 Å². The second-order valence-corrected chi connectivity index (χ2v) is 6.60. The van der Waals surface area contributed by atoms with E-state index in [1.54, 1.807) is 0 Å². The molecule has 2 N–H and O–H groups in total. The molecule has 0 fully saturated rings. The SMILES string of the molecule is O=C(CNc1ccc(I)cc1Cl)Nc1cccc(Br)c1. The number of carbonyl (C=O) groups is 1. The van der Waals surface area contributed by atoms with Crippen LogP contribution in [0.5, 0.6) is 0 Å². The number of carbonyl (C=O) groups excluding carboxylic acids is 1. The summed E-state index contributed by atoms with van der Waals surface area (Å²) in [5, 5.41) is 6.43. The summed E-state index contributed by atoms with van der Waals surface area (Å²) < 4.78 is 1.97. The van der Waals surface area contributed by atoms with Crippen molar-refractivity contribution in [3.05, 3.63) is 55.5 Å². The third-order valence-corrected chi connectivity index (χ3v) is 3.96. The molecule has 0 aliphatic carbocycles. The number of nitrogens with one attached hydrogen (secondary N) is 2. The van der Waals surface area contributed by atoms with Crippen LogP contribution in [0.1, 0.15) is 0 Å². The van der Waals surface area contributed by atoms with Crippen LogP contribution in [0.4, 0.5) is 11.4 Å². The highest BCUT2D eigenvalue weighted by Gasteiger charge is 2.05. The highest BCUT2D eigenvalue weighted by atomic mass is 127.